The Labute approximate surface area is 82.5 Å². The lowest BCUT2D eigenvalue weighted by Gasteiger charge is -2.04. The van der Waals surface area contributed by atoms with Crippen molar-refractivity contribution in [1.29, 1.82) is 0 Å². The van der Waals surface area contributed by atoms with Crippen LogP contribution in [-0.2, 0) is 4.74 Å². The molecule has 0 aromatic heterocycles. The standard InChI is InChI=1S/C9H11NO2S/c1-10-7-3-6(9(11)12-2)4-8(13)5-7/h3-5,10,13H,1-2H3. The molecule has 0 amide bonds. The van der Waals surface area contributed by atoms with Crippen LogP contribution < -0.4 is 5.32 Å². The van der Waals surface area contributed by atoms with E-state index in [9.17, 15) is 4.79 Å². The largest absolute Gasteiger partial charge is 0.465 e. The van der Waals surface area contributed by atoms with Gasteiger partial charge in [0, 0.05) is 17.6 Å². The molecule has 13 heavy (non-hydrogen) atoms. The van der Waals surface area contributed by atoms with Crippen LogP contribution in [0.5, 0.6) is 0 Å². The quantitative estimate of drug-likeness (QED) is 0.561. The van der Waals surface area contributed by atoms with Crippen LogP contribution in [0.15, 0.2) is 23.1 Å². The molecule has 0 atom stereocenters. The normalized spacial score (nSPS) is 9.46. The molecule has 0 saturated carbocycles. The highest BCUT2D eigenvalue weighted by molar-refractivity contribution is 7.80. The molecule has 1 aromatic carbocycles. The monoisotopic (exact) mass is 197 g/mol. The summed E-state index contributed by atoms with van der Waals surface area (Å²) in [5, 5.41) is 2.93. The maximum atomic E-state index is 11.1. The van der Waals surface area contributed by atoms with E-state index >= 15 is 0 Å². The number of rotatable bonds is 2. The van der Waals surface area contributed by atoms with Gasteiger partial charge in [-0.05, 0) is 18.2 Å². The first-order chi connectivity index (χ1) is 6.17. The fourth-order valence-corrected chi connectivity index (χ4v) is 1.27. The summed E-state index contributed by atoms with van der Waals surface area (Å²) in [5.41, 5.74) is 1.34. The third-order valence-electron chi connectivity index (χ3n) is 1.63. The molecule has 0 saturated heterocycles. The lowest BCUT2D eigenvalue weighted by Crippen LogP contribution is -2.02. The molecule has 70 valence electrons. The highest BCUT2D eigenvalue weighted by Gasteiger charge is 2.06. The molecule has 0 aliphatic heterocycles. The zero-order valence-electron chi connectivity index (χ0n) is 7.50. The van der Waals surface area contributed by atoms with E-state index < -0.39 is 0 Å². The van der Waals surface area contributed by atoms with Crippen molar-refractivity contribution in [1.82, 2.24) is 0 Å². The van der Waals surface area contributed by atoms with Crippen LogP contribution in [0.25, 0.3) is 0 Å². The number of carbonyl (C=O) groups excluding carboxylic acids is 1. The van der Waals surface area contributed by atoms with Gasteiger partial charge in [0.2, 0.25) is 0 Å². The Kier molecular flexibility index (Phi) is 3.19. The molecule has 0 spiro atoms. The van der Waals surface area contributed by atoms with Gasteiger partial charge in [-0.2, -0.15) is 0 Å². The molecule has 0 radical (unpaired) electrons. The molecule has 0 heterocycles. The second kappa shape index (κ2) is 4.18. The molecule has 4 heteroatoms. The van der Waals surface area contributed by atoms with Gasteiger partial charge >= 0.3 is 5.97 Å². The molecule has 3 nitrogen and oxygen atoms in total. The van der Waals surface area contributed by atoms with Crippen molar-refractivity contribution in [3.05, 3.63) is 23.8 Å². The minimum Gasteiger partial charge on any atom is -0.465 e. The summed E-state index contributed by atoms with van der Waals surface area (Å²) in [7, 11) is 3.14. The van der Waals surface area contributed by atoms with Crippen LogP contribution in [0.3, 0.4) is 0 Å². The fraction of sp³-hybridized carbons (Fsp3) is 0.222. The molecular weight excluding hydrogens is 186 g/mol. The molecular formula is C9H11NO2S. The third kappa shape index (κ3) is 2.39. The second-order valence-corrected chi connectivity index (χ2v) is 3.03. The van der Waals surface area contributed by atoms with Gasteiger partial charge in [0.25, 0.3) is 0 Å². The molecule has 1 N–H and O–H groups in total. The Bertz CT molecular complexity index is 325. The average molecular weight is 197 g/mol. The van der Waals surface area contributed by atoms with Crippen LogP contribution in [0.4, 0.5) is 5.69 Å². The van der Waals surface area contributed by atoms with E-state index in [1.54, 1.807) is 19.2 Å². The Hall–Kier alpha value is -1.16. The van der Waals surface area contributed by atoms with Crippen molar-refractivity contribution in [3.8, 4) is 0 Å². The smallest absolute Gasteiger partial charge is 0.337 e. The Morgan fingerprint density at radius 1 is 1.46 bits per heavy atom. The third-order valence-corrected chi connectivity index (χ3v) is 1.89. The minimum absolute atomic E-state index is 0.354. The van der Waals surface area contributed by atoms with E-state index in [4.69, 9.17) is 0 Å². The number of anilines is 1. The summed E-state index contributed by atoms with van der Waals surface area (Å²) < 4.78 is 4.59. The van der Waals surface area contributed by atoms with Crippen molar-refractivity contribution in [3.63, 3.8) is 0 Å². The van der Waals surface area contributed by atoms with Crippen molar-refractivity contribution in [2.24, 2.45) is 0 Å². The predicted octanol–water partition coefficient (Wildman–Crippen LogP) is 1.80. The number of ether oxygens (including phenoxy) is 1. The summed E-state index contributed by atoms with van der Waals surface area (Å²) in [6, 6.07) is 5.21. The van der Waals surface area contributed by atoms with E-state index in [0.29, 0.717) is 5.56 Å². The molecule has 1 rings (SSSR count). The summed E-state index contributed by atoms with van der Waals surface area (Å²) in [6.07, 6.45) is 0. The number of nitrogens with one attached hydrogen (secondary N) is 1. The Morgan fingerprint density at radius 2 is 2.15 bits per heavy atom. The number of thiol groups is 1. The molecule has 0 unspecified atom stereocenters. The van der Waals surface area contributed by atoms with Gasteiger partial charge in [0.05, 0.1) is 12.7 Å². The van der Waals surface area contributed by atoms with Crippen LogP contribution in [0.1, 0.15) is 10.4 Å². The fourth-order valence-electron chi connectivity index (χ4n) is 0.991. The summed E-state index contributed by atoms with van der Waals surface area (Å²) in [5.74, 6) is -0.354. The summed E-state index contributed by atoms with van der Waals surface area (Å²) >= 11 is 4.16. The van der Waals surface area contributed by atoms with Crippen LogP contribution in [0, 0.1) is 0 Å². The zero-order valence-corrected chi connectivity index (χ0v) is 8.39. The maximum Gasteiger partial charge on any atom is 0.337 e. The van der Waals surface area contributed by atoms with Gasteiger partial charge in [-0.15, -0.1) is 12.6 Å². The van der Waals surface area contributed by atoms with Crippen LogP contribution >= 0.6 is 12.6 Å². The van der Waals surface area contributed by atoms with Crippen molar-refractivity contribution in [2.45, 2.75) is 4.90 Å². The zero-order chi connectivity index (χ0) is 9.84. The second-order valence-electron chi connectivity index (χ2n) is 2.51. The topological polar surface area (TPSA) is 38.3 Å². The van der Waals surface area contributed by atoms with Gasteiger partial charge in [-0.25, -0.2) is 4.79 Å². The molecule has 1 aromatic rings. The van der Waals surface area contributed by atoms with E-state index in [1.807, 2.05) is 6.07 Å². The first kappa shape index (κ1) is 9.92. The minimum atomic E-state index is -0.354. The lowest BCUT2D eigenvalue weighted by atomic mass is 10.2. The molecule has 0 aliphatic rings. The van der Waals surface area contributed by atoms with Gasteiger partial charge < -0.3 is 10.1 Å². The number of carbonyl (C=O) groups is 1. The molecule has 0 bridgehead atoms. The van der Waals surface area contributed by atoms with E-state index in [1.165, 1.54) is 7.11 Å². The summed E-state index contributed by atoms with van der Waals surface area (Å²) in [6.45, 7) is 0. The SMILES string of the molecule is CNc1cc(S)cc(C(=O)OC)c1. The van der Waals surface area contributed by atoms with Gasteiger partial charge in [-0.1, -0.05) is 0 Å². The maximum absolute atomic E-state index is 11.1. The average Bonchev–Trinajstić information content (AvgIpc) is 2.15. The highest BCUT2D eigenvalue weighted by Crippen LogP contribution is 2.17. The van der Waals surface area contributed by atoms with Gasteiger partial charge in [0.15, 0.2) is 0 Å². The number of hydrogen-bond acceptors (Lipinski definition) is 4. The Balaban J connectivity index is 3.08. The predicted molar refractivity (Wildman–Crippen MR) is 54.6 cm³/mol. The Morgan fingerprint density at radius 3 is 2.69 bits per heavy atom. The van der Waals surface area contributed by atoms with Crippen molar-refractivity contribution in [2.75, 3.05) is 19.5 Å². The number of esters is 1. The highest BCUT2D eigenvalue weighted by atomic mass is 32.1. The van der Waals surface area contributed by atoms with Crippen molar-refractivity contribution < 1.29 is 9.53 Å². The van der Waals surface area contributed by atoms with E-state index in [-0.39, 0.29) is 5.97 Å². The van der Waals surface area contributed by atoms with Gasteiger partial charge in [-0.3, -0.25) is 0 Å². The molecule has 0 aliphatic carbocycles. The first-order valence-electron chi connectivity index (χ1n) is 3.77. The number of hydrogen-bond donors (Lipinski definition) is 2. The van der Waals surface area contributed by atoms with Crippen LogP contribution in [-0.4, -0.2) is 20.1 Å². The number of methoxy groups -OCH3 is 1. The van der Waals surface area contributed by atoms with E-state index in [2.05, 4.69) is 22.7 Å². The van der Waals surface area contributed by atoms with Gasteiger partial charge in [0.1, 0.15) is 0 Å². The van der Waals surface area contributed by atoms with Crippen molar-refractivity contribution >= 4 is 24.3 Å². The summed E-state index contributed by atoms with van der Waals surface area (Å²) in [4.78, 5) is 11.9. The first-order valence-corrected chi connectivity index (χ1v) is 4.22. The number of benzene rings is 1. The molecule has 0 fully saturated rings. The lowest BCUT2D eigenvalue weighted by molar-refractivity contribution is 0.0600. The van der Waals surface area contributed by atoms with E-state index in [0.717, 1.165) is 10.6 Å². The van der Waals surface area contributed by atoms with Crippen LogP contribution in [0.2, 0.25) is 0 Å².